The highest BCUT2D eigenvalue weighted by atomic mass is 16.2. The molecule has 0 aliphatic carbocycles. The van der Waals surface area contributed by atoms with Crippen molar-refractivity contribution in [1.82, 2.24) is 5.32 Å². The number of benzene rings is 1. The van der Waals surface area contributed by atoms with E-state index in [0.717, 1.165) is 0 Å². The number of nitriles is 1. The number of rotatable bonds is 4. The van der Waals surface area contributed by atoms with Crippen LogP contribution in [0.5, 0.6) is 0 Å². The molecule has 0 heterocycles. The first-order valence-electron chi connectivity index (χ1n) is 4.70. The van der Waals surface area contributed by atoms with E-state index in [1.807, 2.05) is 6.07 Å². The summed E-state index contributed by atoms with van der Waals surface area (Å²) in [5.41, 5.74) is 12.4. The fourth-order valence-corrected chi connectivity index (χ4v) is 1.16. The van der Waals surface area contributed by atoms with Gasteiger partial charge in [0.05, 0.1) is 23.0 Å². The predicted octanol–water partition coefficient (Wildman–Crippen LogP) is 0.221. The molecule has 0 aliphatic heterocycles. The third-order valence-electron chi connectivity index (χ3n) is 1.92. The van der Waals surface area contributed by atoms with E-state index in [1.165, 1.54) is 0 Å². The highest BCUT2D eigenvalue weighted by Crippen LogP contribution is 2.18. The molecule has 6 heteroatoms. The minimum absolute atomic E-state index is 0.394. The number of nitrogen functional groups attached to an aromatic ring is 1. The van der Waals surface area contributed by atoms with Gasteiger partial charge >= 0.3 is 6.03 Å². The zero-order chi connectivity index (χ0) is 12.0. The predicted molar refractivity (Wildman–Crippen MR) is 61.6 cm³/mol. The molecule has 0 atom stereocenters. The Labute approximate surface area is 93.2 Å². The Morgan fingerprint density at radius 3 is 2.81 bits per heavy atom. The molecule has 1 aromatic rings. The first kappa shape index (κ1) is 11.7. The Kier molecular flexibility index (Phi) is 3.98. The standard InChI is InChI=1S/C10H13N5O/c11-6-7-1-2-8(12)9(5-7)14-3-4-15-10(13)16/h1-2,5,14H,3-4,12H2,(H3,13,15,16). The van der Waals surface area contributed by atoms with Crippen LogP contribution in [0.4, 0.5) is 16.2 Å². The van der Waals surface area contributed by atoms with Crippen molar-refractivity contribution >= 4 is 17.4 Å². The molecular weight excluding hydrogens is 206 g/mol. The fourth-order valence-electron chi connectivity index (χ4n) is 1.16. The Hall–Kier alpha value is -2.42. The summed E-state index contributed by atoms with van der Waals surface area (Å²) in [5.74, 6) is 0. The lowest BCUT2D eigenvalue weighted by atomic mass is 10.2. The van der Waals surface area contributed by atoms with Crippen LogP contribution in [-0.2, 0) is 0 Å². The smallest absolute Gasteiger partial charge is 0.312 e. The molecule has 1 rings (SSSR count). The van der Waals surface area contributed by atoms with Crippen molar-refractivity contribution in [2.75, 3.05) is 24.1 Å². The van der Waals surface area contributed by atoms with Crippen molar-refractivity contribution in [2.24, 2.45) is 5.73 Å². The lowest BCUT2D eigenvalue weighted by Gasteiger charge is -2.09. The van der Waals surface area contributed by atoms with Crippen molar-refractivity contribution in [3.8, 4) is 6.07 Å². The van der Waals surface area contributed by atoms with Gasteiger partial charge in [-0.2, -0.15) is 5.26 Å². The molecule has 0 aromatic heterocycles. The van der Waals surface area contributed by atoms with E-state index in [2.05, 4.69) is 10.6 Å². The van der Waals surface area contributed by atoms with Gasteiger partial charge in [-0.15, -0.1) is 0 Å². The van der Waals surface area contributed by atoms with Crippen LogP contribution in [0.3, 0.4) is 0 Å². The number of nitrogens with zero attached hydrogens (tertiary/aromatic N) is 1. The number of hydrogen-bond donors (Lipinski definition) is 4. The summed E-state index contributed by atoms with van der Waals surface area (Å²) < 4.78 is 0. The van der Waals surface area contributed by atoms with Crippen molar-refractivity contribution in [2.45, 2.75) is 0 Å². The van der Waals surface area contributed by atoms with Crippen molar-refractivity contribution in [3.05, 3.63) is 23.8 Å². The molecule has 2 amide bonds. The zero-order valence-electron chi connectivity index (χ0n) is 8.66. The maximum absolute atomic E-state index is 10.4. The van der Waals surface area contributed by atoms with E-state index >= 15 is 0 Å². The Balaban J connectivity index is 2.53. The van der Waals surface area contributed by atoms with Crippen molar-refractivity contribution in [1.29, 1.82) is 5.26 Å². The Morgan fingerprint density at radius 1 is 1.44 bits per heavy atom. The number of primary amides is 1. The van der Waals surface area contributed by atoms with Crippen molar-refractivity contribution in [3.63, 3.8) is 0 Å². The zero-order valence-corrected chi connectivity index (χ0v) is 8.66. The van der Waals surface area contributed by atoms with Gasteiger partial charge in [0.15, 0.2) is 0 Å². The number of carbonyl (C=O) groups excluding carboxylic acids is 1. The van der Waals surface area contributed by atoms with Crippen LogP contribution < -0.4 is 22.1 Å². The monoisotopic (exact) mass is 219 g/mol. The van der Waals surface area contributed by atoms with E-state index < -0.39 is 6.03 Å². The Bertz CT molecular complexity index is 424. The summed E-state index contributed by atoms with van der Waals surface area (Å²) in [6.45, 7) is 0.883. The van der Waals surface area contributed by atoms with Gasteiger partial charge in [0.1, 0.15) is 0 Å². The number of nitrogens with one attached hydrogen (secondary N) is 2. The summed E-state index contributed by atoms with van der Waals surface area (Å²) in [6.07, 6.45) is 0. The molecule has 0 bridgehead atoms. The maximum atomic E-state index is 10.4. The minimum Gasteiger partial charge on any atom is -0.397 e. The summed E-state index contributed by atoms with van der Waals surface area (Å²) >= 11 is 0. The largest absolute Gasteiger partial charge is 0.397 e. The van der Waals surface area contributed by atoms with Crippen LogP contribution in [0, 0.1) is 11.3 Å². The van der Waals surface area contributed by atoms with Crippen molar-refractivity contribution < 1.29 is 4.79 Å². The molecule has 84 valence electrons. The SMILES string of the molecule is N#Cc1ccc(N)c(NCCNC(N)=O)c1. The van der Waals surface area contributed by atoms with E-state index in [4.69, 9.17) is 16.7 Å². The van der Waals surface area contributed by atoms with Crippen LogP contribution in [0.2, 0.25) is 0 Å². The third kappa shape index (κ3) is 3.38. The van der Waals surface area contributed by atoms with E-state index in [-0.39, 0.29) is 0 Å². The molecule has 0 fully saturated rings. The lowest BCUT2D eigenvalue weighted by Crippen LogP contribution is -2.33. The van der Waals surface area contributed by atoms with Gasteiger partial charge in [-0.05, 0) is 18.2 Å². The van der Waals surface area contributed by atoms with Gasteiger partial charge in [0.2, 0.25) is 0 Å². The minimum atomic E-state index is -0.569. The Morgan fingerprint density at radius 2 is 2.19 bits per heavy atom. The van der Waals surface area contributed by atoms with E-state index in [0.29, 0.717) is 30.0 Å². The highest BCUT2D eigenvalue weighted by molar-refractivity contribution is 5.71. The second kappa shape index (κ2) is 5.46. The van der Waals surface area contributed by atoms with Crippen LogP contribution in [-0.4, -0.2) is 19.1 Å². The number of hydrogen-bond acceptors (Lipinski definition) is 4. The summed E-state index contributed by atoms with van der Waals surface area (Å²) in [7, 11) is 0. The van der Waals surface area contributed by atoms with Crippen LogP contribution >= 0.6 is 0 Å². The molecular formula is C10H13N5O. The molecule has 1 aromatic carbocycles. The molecule has 16 heavy (non-hydrogen) atoms. The molecule has 0 radical (unpaired) electrons. The number of carbonyl (C=O) groups is 1. The van der Waals surface area contributed by atoms with Gasteiger partial charge in [-0.1, -0.05) is 0 Å². The van der Waals surface area contributed by atoms with Crippen LogP contribution in [0.15, 0.2) is 18.2 Å². The maximum Gasteiger partial charge on any atom is 0.312 e. The summed E-state index contributed by atoms with van der Waals surface area (Å²) in [5, 5.41) is 14.1. The molecule has 0 saturated carbocycles. The van der Waals surface area contributed by atoms with Gasteiger partial charge in [-0.3, -0.25) is 0 Å². The topological polar surface area (TPSA) is 117 Å². The number of nitrogens with two attached hydrogens (primary N) is 2. The molecule has 0 saturated heterocycles. The second-order valence-electron chi connectivity index (χ2n) is 3.13. The van der Waals surface area contributed by atoms with Gasteiger partial charge in [-0.25, -0.2) is 4.79 Å². The third-order valence-corrected chi connectivity index (χ3v) is 1.92. The van der Waals surface area contributed by atoms with Crippen LogP contribution in [0.25, 0.3) is 0 Å². The van der Waals surface area contributed by atoms with E-state index in [9.17, 15) is 4.79 Å². The van der Waals surface area contributed by atoms with E-state index in [1.54, 1.807) is 18.2 Å². The average Bonchev–Trinajstić information content (AvgIpc) is 2.26. The summed E-state index contributed by atoms with van der Waals surface area (Å²) in [6, 6.07) is 6.40. The molecule has 6 N–H and O–H groups in total. The fraction of sp³-hybridized carbons (Fsp3) is 0.200. The van der Waals surface area contributed by atoms with Gasteiger partial charge in [0.25, 0.3) is 0 Å². The first-order chi connectivity index (χ1) is 7.63. The molecule has 0 unspecified atom stereocenters. The molecule has 0 spiro atoms. The van der Waals surface area contributed by atoms with Gasteiger partial charge < -0.3 is 22.1 Å². The quantitative estimate of drug-likeness (QED) is 0.428. The highest BCUT2D eigenvalue weighted by Gasteiger charge is 2.00. The normalized spacial score (nSPS) is 9.19. The lowest BCUT2D eigenvalue weighted by molar-refractivity contribution is 0.249. The van der Waals surface area contributed by atoms with Gasteiger partial charge in [0, 0.05) is 13.1 Å². The number of anilines is 2. The number of urea groups is 1. The second-order valence-corrected chi connectivity index (χ2v) is 3.13. The average molecular weight is 219 g/mol. The number of amides is 2. The summed E-state index contributed by atoms with van der Waals surface area (Å²) in [4.78, 5) is 10.4. The first-order valence-corrected chi connectivity index (χ1v) is 4.70. The molecule has 6 nitrogen and oxygen atoms in total. The van der Waals surface area contributed by atoms with Crippen LogP contribution in [0.1, 0.15) is 5.56 Å². The molecule has 0 aliphatic rings.